The van der Waals surface area contributed by atoms with Crippen LogP contribution in [0.4, 0.5) is 13.2 Å². The number of thioether (sulfide) groups is 1. The van der Waals surface area contributed by atoms with Gasteiger partial charge in [0.1, 0.15) is 5.69 Å². The molecule has 0 aromatic carbocycles. The van der Waals surface area contributed by atoms with Gasteiger partial charge in [0.2, 0.25) is 0 Å². The standard InChI is InChI=1S/C12H15F3N2S/c1-3-4-5-6-9(2)18-11-16-8-7-10(17-11)12(13,14)15/h3,7-9H,1,4-6H2,2H3/t9-/m0/s1. The van der Waals surface area contributed by atoms with Crippen molar-refractivity contribution in [1.82, 2.24) is 9.97 Å². The van der Waals surface area contributed by atoms with Gasteiger partial charge in [-0.15, -0.1) is 6.58 Å². The molecule has 0 bridgehead atoms. The van der Waals surface area contributed by atoms with Crippen molar-refractivity contribution < 1.29 is 13.2 Å². The van der Waals surface area contributed by atoms with E-state index in [1.165, 1.54) is 11.8 Å². The monoisotopic (exact) mass is 276 g/mol. The second kappa shape index (κ2) is 6.78. The molecule has 0 unspecified atom stereocenters. The SMILES string of the molecule is C=CCCC[C@H](C)Sc1nccc(C(F)(F)F)n1. The van der Waals surface area contributed by atoms with E-state index in [0.717, 1.165) is 31.5 Å². The Balaban J connectivity index is 2.59. The van der Waals surface area contributed by atoms with Crippen LogP contribution in [-0.2, 0) is 6.18 Å². The topological polar surface area (TPSA) is 25.8 Å². The number of hydrogen-bond acceptors (Lipinski definition) is 3. The molecule has 2 nitrogen and oxygen atoms in total. The molecule has 0 N–H and O–H groups in total. The third-order valence-electron chi connectivity index (χ3n) is 2.25. The molecule has 1 aromatic heterocycles. The van der Waals surface area contributed by atoms with Crippen LogP contribution in [0, 0.1) is 0 Å². The van der Waals surface area contributed by atoms with Gasteiger partial charge in [-0.1, -0.05) is 24.8 Å². The third-order valence-corrected chi connectivity index (χ3v) is 3.29. The van der Waals surface area contributed by atoms with E-state index in [0.29, 0.717) is 0 Å². The molecule has 1 atom stereocenters. The van der Waals surface area contributed by atoms with Crippen molar-refractivity contribution in [2.24, 2.45) is 0 Å². The van der Waals surface area contributed by atoms with Gasteiger partial charge in [-0.3, -0.25) is 0 Å². The van der Waals surface area contributed by atoms with Gasteiger partial charge in [0.05, 0.1) is 0 Å². The minimum atomic E-state index is -4.41. The first-order valence-corrected chi connectivity index (χ1v) is 6.49. The van der Waals surface area contributed by atoms with Gasteiger partial charge in [0, 0.05) is 11.4 Å². The van der Waals surface area contributed by atoms with Crippen LogP contribution < -0.4 is 0 Å². The lowest BCUT2D eigenvalue weighted by molar-refractivity contribution is -0.141. The van der Waals surface area contributed by atoms with E-state index in [4.69, 9.17) is 0 Å². The Morgan fingerprint density at radius 1 is 1.50 bits per heavy atom. The number of alkyl halides is 3. The molecule has 100 valence electrons. The fourth-order valence-corrected chi connectivity index (χ4v) is 2.26. The average Bonchev–Trinajstić information content (AvgIpc) is 2.28. The molecule has 0 aliphatic heterocycles. The Labute approximate surface area is 109 Å². The predicted molar refractivity (Wildman–Crippen MR) is 66.4 cm³/mol. The van der Waals surface area contributed by atoms with Crippen molar-refractivity contribution >= 4 is 11.8 Å². The first kappa shape index (κ1) is 15.0. The van der Waals surface area contributed by atoms with Crippen molar-refractivity contribution in [3.05, 3.63) is 30.6 Å². The quantitative estimate of drug-likeness (QED) is 0.335. The Morgan fingerprint density at radius 2 is 2.22 bits per heavy atom. The number of nitrogens with zero attached hydrogens (tertiary/aromatic N) is 2. The molecule has 0 saturated carbocycles. The average molecular weight is 276 g/mol. The summed E-state index contributed by atoms with van der Waals surface area (Å²) in [4.78, 5) is 7.37. The van der Waals surface area contributed by atoms with Gasteiger partial charge in [-0.2, -0.15) is 13.2 Å². The van der Waals surface area contributed by atoms with Crippen molar-refractivity contribution in [3.8, 4) is 0 Å². The second-order valence-corrected chi connectivity index (χ2v) is 5.28. The molecule has 0 amide bonds. The molecular weight excluding hydrogens is 261 g/mol. The van der Waals surface area contributed by atoms with E-state index in [9.17, 15) is 13.2 Å². The Hall–Kier alpha value is -1.04. The highest BCUT2D eigenvalue weighted by Crippen LogP contribution is 2.29. The zero-order valence-corrected chi connectivity index (χ0v) is 10.9. The lowest BCUT2D eigenvalue weighted by Gasteiger charge is -2.10. The zero-order valence-electron chi connectivity index (χ0n) is 10.1. The molecule has 0 radical (unpaired) electrons. The van der Waals surface area contributed by atoms with Crippen LogP contribution in [0.15, 0.2) is 30.1 Å². The van der Waals surface area contributed by atoms with Crippen molar-refractivity contribution in [3.63, 3.8) is 0 Å². The van der Waals surface area contributed by atoms with Crippen molar-refractivity contribution in [1.29, 1.82) is 0 Å². The van der Waals surface area contributed by atoms with Crippen LogP contribution in [0.1, 0.15) is 31.9 Å². The van der Waals surface area contributed by atoms with E-state index < -0.39 is 11.9 Å². The van der Waals surface area contributed by atoms with Crippen LogP contribution in [-0.4, -0.2) is 15.2 Å². The van der Waals surface area contributed by atoms with Gasteiger partial charge in [-0.05, 0) is 25.3 Å². The van der Waals surface area contributed by atoms with Crippen LogP contribution in [0.25, 0.3) is 0 Å². The predicted octanol–water partition coefficient (Wildman–Crippen LogP) is 4.33. The summed E-state index contributed by atoms with van der Waals surface area (Å²) in [7, 11) is 0. The summed E-state index contributed by atoms with van der Waals surface area (Å²) < 4.78 is 37.3. The minimum Gasteiger partial charge on any atom is -0.231 e. The number of unbranched alkanes of at least 4 members (excludes halogenated alkanes) is 1. The summed E-state index contributed by atoms with van der Waals surface area (Å²) >= 11 is 1.27. The summed E-state index contributed by atoms with van der Waals surface area (Å²) in [5.74, 6) is 0. The molecule has 0 spiro atoms. The number of halogens is 3. The Bertz CT molecular complexity index is 393. The van der Waals surface area contributed by atoms with Crippen molar-refractivity contribution in [2.45, 2.75) is 42.8 Å². The second-order valence-electron chi connectivity index (χ2n) is 3.87. The van der Waals surface area contributed by atoms with E-state index >= 15 is 0 Å². The molecule has 0 aliphatic rings. The van der Waals surface area contributed by atoms with Gasteiger partial charge in [0.15, 0.2) is 5.16 Å². The maximum atomic E-state index is 12.4. The highest BCUT2D eigenvalue weighted by atomic mass is 32.2. The summed E-state index contributed by atoms with van der Waals surface area (Å²) in [5, 5.41) is 0.365. The molecule has 0 saturated heterocycles. The lowest BCUT2D eigenvalue weighted by atomic mass is 10.2. The maximum absolute atomic E-state index is 12.4. The third kappa shape index (κ3) is 5.08. The maximum Gasteiger partial charge on any atom is 0.433 e. The summed E-state index contributed by atoms with van der Waals surface area (Å²) in [6, 6.07) is 0.881. The molecule has 18 heavy (non-hydrogen) atoms. The molecule has 1 heterocycles. The summed E-state index contributed by atoms with van der Waals surface area (Å²) in [6.45, 7) is 5.58. The number of allylic oxidation sites excluding steroid dienone is 1. The van der Waals surface area contributed by atoms with E-state index in [2.05, 4.69) is 16.5 Å². The van der Waals surface area contributed by atoms with E-state index in [1.54, 1.807) is 0 Å². The van der Waals surface area contributed by atoms with Crippen LogP contribution in [0.5, 0.6) is 0 Å². The van der Waals surface area contributed by atoms with Crippen LogP contribution >= 0.6 is 11.8 Å². The lowest BCUT2D eigenvalue weighted by Crippen LogP contribution is -2.09. The number of hydrogen-bond donors (Lipinski definition) is 0. The van der Waals surface area contributed by atoms with Crippen molar-refractivity contribution in [2.75, 3.05) is 0 Å². The van der Waals surface area contributed by atoms with Gasteiger partial charge >= 0.3 is 6.18 Å². The highest BCUT2D eigenvalue weighted by Gasteiger charge is 2.32. The molecule has 1 rings (SSSR count). The Morgan fingerprint density at radius 3 is 2.83 bits per heavy atom. The van der Waals surface area contributed by atoms with E-state index in [1.807, 2.05) is 13.0 Å². The first-order chi connectivity index (χ1) is 8.43. The summed E-state index contributed by atoms with van der Waals surface area (Å²) in [6.07, 6.45) is 1.35. The minimum absolute atomic E-state index is 0.177. The Kier molecular flexibility index (Phi) is 5.65. The molecule has 0 aliphatic carbocycles. The highest BCUT2D eigenvalue weighted by molar-refractivity contribution is 7.99. The fraction of sp³-hybridized carbons (Fsp3) is 0.500. The van der Waals surface area contributed by atoms with Gasteiger partial charge in [-0.25, -0.2) is 9.97 Å². The zero-order chi connectivity index (χ0) is 13.6. The molecular formula is C12H15F3N2S. The first-order valence-electron chi connectivity index (χ1n) is 5.61. The smallest absolute Gasteiger partial charge is 0.231 e. The summed E-state index contributed by atoms with van der Waals surface area (Å²) in [5.41, 5.74) is -0.890. The molecule has 6 heteroatoms. The number of rotatable bonds is 6. The number of aromatic nitrogens is 2. The largest absolute Gasteiger partial charge is 0.433 e. The van der Waals surface area contributed by atoms with Crippen LogP contribution in [0.3, 0.4) is 0 Å². The van der Waals surface area contributed by atoms with Gasteiger partial charge < -0.3 is 0 Å². The fourth-order valence-electron chi connectivity index (χ4n) is 1.34. The molecule has 0 fully saturated rings. The van der Waals surface area contributed by atoms with Gasteiger partial charge in [0.25, 0.3) is 0 Å². The molecule has 1 aromatic rings. The van der Waals surface area contributed by atoms with Crippen LogP contribution in [0.2, 0.25) is 0 Å². The van der Waals surface area contributed by atoms with E-state index in [-0.39, 0.29) is 10.4 Å². The normalized spacial score (nSPS) is 13.3.